The van der Waals surface area contributed by atoms with Crippen LogP contribution in [-0.4, -0.2) is 45.9 Å². The number of hydrogen-bond donors (Lipinski definition) is 2. The molecule has 0 spiro atoms. The molecule has 1 fully saturated rings. The molecule has 0 aromatic carbocycles. The average molecular weight is 275 g/mol. The third-order valence-electron chi connectivity index (χ3n) is 3.52. The van der Waals surface area contributed by atoms with Crippen molar-refractivity contribution in [1.29, 1.82) is 0 Å². The maximum atomic E-state index is 11.7. The standard InChI is InChI=1S/C13H17N5O2/c1-18-3-2-9(7-18)12-15-4-10(17-12)5-16-13(19)11-6-14-8-20-11/h4,6,8-9H,2-3,5,7H2,1H3,(H,15,17)(H,16,19)/t9-/m1/s1. The number of carbonyl (C=O) groups is 1. The van der Waals surface area contributed by atoms with Gasteiger partial charge in [0.2, 0.25) is 5.76 Å². The molecular weight excluding hydrogens is 258 g/mol. The van der Waals surface area contributed by atoms with E-state index in [1.54, 1.807) is 6.20 Å². The van der Waals surface area contributed by atoms with Crippen LogP contribution in [-0.2, 0) is 6.54 Å². The Hall–Kier alpha value is -2.15. The topological polar surface area (TPSA) is 87.1 Å². The van der Waals surface area contributed by atoms with Crippen LogP contribution in [0.5, 0.6) is 0 Å². The molecule has 3 heterocycles. The van der Waals surface area contributed by atoms with Gasteiger partial charge in [-0.25, -0.2) is 9.97 Å². The van der Waals surface area contributed by atoms with Gasteiger partial charge in [-0.05, 0) is 20.0 Å². The van der Waals surface area contributed by atoms with Gasteiger partial charge in [0.15, 0.2) is 6.39 Å². The van der Waals surface area contributed by atoms with Crippen molar-refractivity contribution in [2.75, 3.05) is 20.1 Å². The SMILES string of the molecule is CN1CC[C@@H](c2ncc(CNC(=O)c3cnco3)[nH]2)C1. The maximum absolute atomic E-state index is 11.7. The Morgan fingerprint density at radius 3 is 3.20 bits per heavy atom. The lowest BCUT2D eigenvalue weighted by atomic mass is 10.1. The van der Waals surface area contributed by atoms with Gasteiger partial charge in [0.25, 0.3) is 5.91 Å². The minimum atomic E-state index is -0.278. The quantitative estimate of drug-likeness (QED) is 0.859. The summed E-state index contributed by atoms with van der Waals surface area (Å²) in [6.07, 6.45) is 5.52. The molecular formula is C13H17N5O2. The number of hydrogen-bond acceptors (Lipinski definition) is 5. The van der Waals surface area contributed by atoms with Gasteiger partial charge in [0.05, 0.1) is 24.6 Å². The van der Waals surface area contributed by atoms with E-state index in [0.29, 0.717) is 12.5 Å². The van der Waals surface area contributed by atoms with Crippen molar-refractivity contribution in [1.82, 2.24) is 25.2 Å². The van der Waals surface area contributed by atoms with Crippen molar-refractivity contribution < 1.29 is 9.21 Å². The first kappa shape index (κ1) is 12.9. The number of rotatable bonds is 4. The summed E-state index contributed by atoms with van der Waals surface area (Å²) in [5.74, 6) is 1.39. The molecule has 0 unspecified atom stereocenters. The molecule has 106 valence electrons. The largest absolute Gasteiger partial charge is 0.438 e. The van der Waals surface area contributed by atoms with Crippen LogP contribution in [0.25, 0.3) is 0 Å². The maximum Gasteiger partial charge on any atom is 0.289 e. The molecule has 0 radical (unpaired) electrons. The van der Waals surface area contributed by atoms with E-state index in [0.717, 1.165) is 31.0 Å². The Balaban J connectivity index is 1.56. The number of nitrogens with zero attached hydrogens (tertiary/aromatic N) is 3. The van der Waals surface area contributed by atoms with E-state index in [1.165, 1.54) is 12.6 Å². The summed E-state index contributed by atoms with van der Waals surface area (Å²) >= 11 is 0. The van der Waals surface area contributed by atoms with Crippen LogP contribution < -0.4 is 5.32 Å². The molecule has 1 atom stereocenters. The van der Waals surface area contributed by atoms with Crippen LogP contribution in [0.3, 0.4) is 0 Å². The van der Waals surface area contributed by atoms with E-state index in [-0.39, 0.29) is 11.7 Å². The number of nitrogens with one attached hydrogen (secondary N) is 2. The van der Waals surface area contributed by atoms with Crippen molar-refractivity contribution in [3.05, 3.63) is 36.1 Å². The highest BCUT2D eigenvalue weighted by molar-refractivity contribution is 5.90. The Labute approximate surface area is 116 Å². The summed E-state index contributed by atoms with van der Waals surface area (Å²) in [6.45, 7) is 2.52. The average Bonchev–Trinajstić information content (AvgIpc) is 3.16. The number of H-pyrrole nitrogens is 1. The minimum Gasteiger partial charge on any atom is -0.438 e. The van der Waals surface area contributed by atoms with Gasteiger partial charge in [-0.15, -0.1) is 0 Å². The summed E-state index contributed by atoms with van der Waals surface area (Å²) in [6, 6.07) is 0. The molecule has 0 bridgehead atoms. The first-order valence-electron chi connectivity index (χ1n) is 6.61. The number of likely N-dealkylation sites (tertiary alicyclic amines) is 1. The molecule has 20 heavy (non-hydrogen) atoms. The normalized spacial score (nSPS) is 19.4. The Kier molecular flexibility index (Phi) is 3.51. The second-order valence-corrected chi connectivity index (χ2v) is 5.09. The zero-order valence-corrected chi connectivity index (χ0v) is 11.3. The monoisotopic (exact) mass is 275 g/mol. The van der Waals surface area contributed by atoms with Crippen LogP contribution in [0.2, 0.25) is 0 Å². The minimum absolute atomic E-state index is 0.210. The van der Waals surface area contributed by atoms with Gasteiger partial charge in [-0.1, -0.05) is 0 Å². The second-order valence-electron chi connectivity index (χ2n) is 5.09. The van der Waals surface area contributed by atoms with Crippen molar-refractivity contribution in [3.8, 4) is 0 Å². The highest BCUT2D eigenvalue weighted by atomic mass is 16.3. The van der Waals surface area contributed by atoms with Gasteiger partial charge < -0.3 is 19.6 Å². The summed E-state index contributed by atoms with van der Waals surface area (Å²) in [7, 11) is 2.11. The van der Waals surface area contributed by atoms with Crippen LogP contribution in [0.1, 0.15) is 34.4 Å². The number of aromatic amines is 1. The fraction of sp³-hybridized carbons (Fsp3) is 0.462. The summed E-state index contributed by atoms with van der Waals surface area (Å²) in [5.41, 5.74) is 0.891. The number of oxazole rings is 1. The van der Waals surface area contributed by atoms with E-state index >= 15 is 0 Å². The molecule has 7 heteroatoms. The lowest BCUT2D eigenvalue weighted by Crippen LogP contribution is -2.22. The van der Waals surface area contributed by atoms with E-state index in [2.05, 4.69) is 32.2 Å². The van der Waals surface area contributed by atoms with Gasteiger partial charge in [0, 0.05) is 12.5 Å². The van der Waals surface area contributed by atoms with Gasteiger partial charge in [-0.2, -0.15) is 0 Å². The van der Waals surface area contributed by atoms with Crippen LogP contribution in [0.15, 0.2) is 23.2 Å². The second kappa shape index (κ2) is 5.46. The molecule has 2 aromatic heterocycles. The van der Waals surface area contributed by atoms with Gasteiger partial charge in [-0.3, -0.25) is 4.79 Å². The first-order chi connectivity index (χ1) is 9.72. The predicted molar refractivity (Wildman–Crippen MR) is 71.1 cm³/mol. The molecule has 2 aromatic rings. The van der Waals surface area contributed by atoms with Crippen molar-refractivity contribution >= 4 is 5.91 Å². The van der Waals surface area contributed by atoms with E-state index in [4.69, 9.17) is 4.42 Å². The molecule has 1 saturated heterocycles. The molecule has 1 aliphatic heterocycles. The van der Waals surface area contributed by atoms with Crippen molar-refractivity contribution in [2.24, 2.45) is 0 Å². The van der Waals surface area contributed by atoms with Crippen molar-refractivity contribution in [2.45, 2.75) is 18.9 Å². The lowest BCUT2D eigenvalue weighted by molar-refractivity contribution is 0.0922. The molecule has 1 amide bonds. The number of carbonyl (C=O) groups excluding carboxylic acids is 1. The summed E-state index contributed by atoms with van der Waals surface area (Å²) in [5, 5.41) is 2.76. The lowest BCUT2D eigenvalue weighted by Gasteiger charge is -2.07. The highest BCUT2D eigenvalue weighted by Crippen LogP contribution is 2.23. The van der Waals surface area contributed by atoms with Crippen molar-refractivity contribution in [3.63, 3.8) is 0 Å². The highest BCUT2D eigenvalue weighted by Gasteiger charge is 2.23. The molecule has 7 nitrogen and oxygen atoms in total. The van der Waals surface area contributed by atoms with Crippen LogP contribution in [0, 0.1) is 0 Å². The number of likely N-dealkylation sites (N-methyl/N-ethyl adjacent to an activating group) is 1. The van der Waals surface area contributed by atoms with E-state index < -0.39 is 0 Å². The Morgan fingerprint density at radius 1 is 1.60 bits per heavy atom. The number of aromatic nitrogens is 3. The predicted octanol–water partition coefficient (Wildman–Crippen LogP) is 0.747. The van der Waals surface area contributed by atoms with E-state index in [9.17, 15) is 4.79 Å². The molecule has 1 aliphatic rings. The molecule has 0 saturated carbocycles. The first-order valence-corrected chi connectivity index (χ1v) is 6.61. The van der Waals surface area contributed by atoms with Gasteiger partial charge in [0.1, 0.15) is 5.82 Å². The zero-order valence-electron chi connectivity index (χ0n) is 11.3. The third-order valence-corrected chi connectivity index (χ3v) is 3.52. The smallest absolute Gasteiger partial charge is 0.289 e. The fourth-order valence-electron chi connectivity index (χ4n) is 2.42. The van der Waals surface area contributed by atoms with Crippen LogP contribution in [0.4, 0.5) is 0 Å². The molecule has 0 aliphatic carbocycles. The fourth-order valence-corrected chi connectivity index (χ4v) is 2.42. The molecule has 3 rings (SSSR count). The summed E-state index contributed by atoms with van der Waals surface area (Å²) in [4.78, 5) is 25.4. The number of imidazole rings is 1. The number of amides is 1. The van der Waals surface area contributed by atoms with E-state index in [1.807, 2.05) is 0 Å². The van der Waals surface area contributed by atoms with Gasteiger partial charge >= 0.3 is 0 Å². The Bertz CT molecular complexity index is 577. The molecule has 2 N–H and O–H groups in total. The van der Waals surface area contributed by atoms with Crippen LogP contribution >= 0.6 is 0 Å². The Morgan fingerprint density at radius 2 is 2.50 bits per heavy atom. The zero-order chi connectivity index (χ0) is 13.9. The summed E-state index contributed by atoms with van der Waals surface area (Å²) < 4.78 is 4.93. The third kappa shape index (κ3) is 2.72.